The maximum atomic E-state index is 11.0. The summed E-state index contributed by atoms with van der Waals surface area (Å²) in [5, 5.41) is 19.8. The van der Waals surface area contributed by atoms with Crippen LogP contribution >= 0.6 is 0 Å². The van der Waals surface area contributed by atoms with Gasteiger partial charge in [0.15, 0.2) is 0 Å². The highest BCUT2D eigenvalue weighted by Crippen LogP contribution is 2.35. The fourth-order valence-electron chi connectivity index (χ4n) is 1.66. The van der Waals surface area contributed by atoms with Crippen LogP contribution in [0.15, 0.2) is 11.6 Å². The molecule has 0 aromatic carbocycles. The predicted octanol–water partition coefficient (Wildman–Crippen LogP) is 1.51. The molecule has 0 bridgehead atoms. The maximum Gasteiger partial charge on any atom is 0.333 e. The van der Waals surface area contributed by atoms with Gasteiger partial charge in [-0.05, 0) is 19.3 Å². The Morgan fingerprint density at radius 1 is 1.43 bits per heavy atom. The van der Waals surface area contributed by atoms with Gasteiger partial charge < -0.3 is 10.3 Å². The highest BCUT2D eigenvalue weighted by molar-refractivity contribution is 5.89. The number of aliphatic carboxylic acids is 1. The van der Waals surface area contributed by atoms with E-state index in [1.807, 2.05) is 13.8 Å². The van der Waals surface area contributed by atoms with Gasteiger partial charge in [-0.2, -0.15) is 5.06 Å². The van der Waals surface area contributed by atoms with Gasteiger partial charge in [-0.3, -0.25) is 0 Å². The van der Waals surface area contributed by atoms with Gasteiger partial charge in [-0.1, -0.05) is 19.9 Å². The van der Waals surface area contributed by atoms with Crippen molar-refractivity contribution >= 4 is 5.97 Å². The topological polar surface area (TPSA) is 60.8 Å². The fourth-order valence-corrected chi connectivity index (χ4v) is 1.66. The summed E-state index contributed by atoms with van der Waals surface area (Å²) in [6, 6.07) is 0. The summed E-state index contributed by atoms with van der Waals surface area (Å²) in [5.74, 6) is -0.971. The molecule has 0 amide bonds. The SMILES string of the molecule is CC1(C)C=C(C(=O)O)C(C)(C)N(O)C1. The van der Waals surface area contributed by atoms with E-state index in [1.54, 1.807) is 19.9 Å². The highest BCUT2D eigenvalue weighted by atomic mass is 16.5. The molecule has 0 aliphatic carbocycles. The zero-order valence-electron chi connectivity index (χ0n) is 9.03. The van der Waals surface area contributed by atoms with Crippen LogP contribution in [0.3, 0.4) is 0 Å². The first kappa shape index (κ1) is 11.2. The van der Waals surface area contributed by atoms with Gasteiger partial charge in [0, 0.05) is 6.54 Å². The Labute approximate surface area is 83.8 Å². The van der Waals surface area contributed by atoms with Crippen LogP contribution < -0.4 is 0 Å². The molecule has 0 atom stereocenters. The van der Waals surface area contributed by atoms with Crippen LogP contribution in [-0.2, 0) is 4.79 Å². The molecule has 0 radical (unpaired) electrons. The predicted molar refractivity (Wildman–Crippen MR) is 52.1 cm³/mol. The molecular formula is C10H17NO3. The first-order valence-corrected chi connectivity index (χ1v) is 4.60. The molecule has 1 rings (SSSR count). The number of carboxylic acids is 1. The maximum absolute atomic E-state index is 11.0. The number of hydrogen-bond donors (Lipinski definition) is 2. The molecule has 14 heavy (non-hydrogen) atoms. The molecule has 1 aliphatic heterocycles. The van der Waals surface area contributed by atoms with Crippen LogP contribution in [0, 0.1) is 5.41 Å². The van der Waals surface area contributed by atoms with Crippen molar-refractivity contribution in [1.29, 1.82) is 0 Å². The van der Waals surface area contributed by atoms with Crippen molar-refractivity contribution in [3.63, 3.8) is 0 Å². The molecule has 1 heterocycles. The third kappa shape index (κ3) is 1.81. The molecular weight excluding hydrogens is 182 g/mol. The second-order valence-electron chi connectivity index (χ2n) is 4.97. The molecule has 80 valence electrons. The van der Waals surface area contributed by atoms with Crippen LogP contribution in [-0.4, -0.2) is 33.4 Å². The second-order valence-corrected chi connectivity index (χ2v) is 4.97. The van der Waals surface area contributed by atoms with Gasteiger partial charge in [0.2, 0.25) is 0 Å². The van der Waals surface area contributed by atoms with E-state index in [-0.39, 0.29) is 11.0 Å². The molecule has 0 saturated heterocycles. The summed E-state index contributed by atoms with van der Waals surface area (Å²) in [4.78, 5) is 11.0. The van der Waals surface area contributed by atoms with E-state index in [0.29, 0.717) is 6.54 Å². The van der Waals surface area contributed by atoms with Crippen LogP contribution in [0.2, 0.25) is 0 Å². The van der Waals surface area contributed by atoms with Crippen LogP contribution in [0.25, 0.3) is 0 Å². The molecule has 0 spiro atoms. The standard InChI is InChI=1S/C10H17NO3/c1-9(2)5-7(8(12)13)10(3,4)11(14)6-9/h5,14H,6H2,1-4H3,(H,12,13). The van der Waals surface area contributed by atoms with Gasteiger partial charge in [0.1, 0.15) is 0 Å². The summed E-state index contributed by atoms with van der Waals surface area (Å²) >= 11 is 0. The minimum Gasteiger partial charge on any atom is -0.478 e. The Balaban J connectivity index is 3.19. The Morgan fingerprint density at radius 2 is 1.93 bits per heavy atom. The zero-order valence-corrected chi connectivity index (χ0v) is 9.03. The van der Waals surface area contributed by atoms with Crippen LogP contribution in [0.1, 0.15) is 27.7 Å². The first-order valence-electron chi connectivity index (χ1n) is 4.60. The first-order chi connectivity index (χ1) is 6.17. The molecule has 4 nitrogen and oxygen atoms in total. The van der Waals surface area contributed by atoms with E-state index in [0.717, 1.165) is 5.06 Å². The quantitative estimate of drug-likeness (QED) is 0.672. The van der Waals surface area contributed by atoms with Crippen molar-refractivity contribution in [2.45, 2.75) is 33.2 Å². The third-order valence-electron chi connectivity index (χ3n) is 2.63. The van der Waals surface area contributed by atoms with E-state index in [2.05, 4.69) is 0 Å². The van der Waals surface area contributed by atoms with Crippen molar-refractivity contribution in [2.75, 3.05) is 6.54 Å². The van der Waals surface area contributed by atoms with E-state index in [9.17, 15) is 10.0 Å². The second kappa shape index (κ2) is 3.07. The lowest BCUT2D eigenvalue weighted by atomic mass is 9.79. The highest BCUT2D eigenvalue weighted by Gasteiger charge is 2.41. The zero-order chi connectivity index (χ0) is 11.1. The number of carboxylic acid groups (broad SMARTS) is 1. The van der Waals surface area contributed by atoms with E-state index in [4.69, 9.17) is 5.11 Å². The average Bonchev–Trinajstić information content (AvgIpc) is 1.96. The van der Waals surface area contributed by atoms with Gasteiger partial charge in [-0.15, -0.1) is 0 Å². The summed E-state index contributed by atoms with van der Waals surface area (Å²) < 4.78 is 0. The molecule has 0 saturated carbocycles. The number of hydrogen-bond acceptors (Lipinski definition) is 3. The van der Waals surface area contributed by atoms with E-state index < -0.39 is 11.5 Å². The van der Waals surface area contributed by atoms with Gasteiger partial charge in [0.25, 0.3) is 0 Å². The fraction of sp³-hybridized carbons (Fsp3) is 0.700. The molecule has 4 heteroatoms. The smallest absolute Gasteiger partial charge is 0.333 e. The van der Waals surface area contributed by atoms with Crippen LogP contribution in [0.4, 0.5) is 0 Å². The molecule has 1 aliphatic rings. The Bertz CT molecular complexity index is 292. The Kier molecular flexibility index (Phi) is 2.46. The minimum atomic E-state index is -0.971. The Hall–Kier alpha value is -0.870. The minimum absolute atomic E-state index is 0.247. The van der Waals surface area contributed by atoms with Gasteiger partial charge in [-0.25, -0.2) is 4.79 Å². The summed E-state index contributed by atoms with van der Waals surface area (Å²) in [5.41, 5.74) is -0.879. The monoisotopic (exact) mass is 199 g/mol. The summed E-state index contributed by atoms with van der Waals surface area (Å²) in [6.45, 7) is 7.63. The Morgan fingerprint density at radius 3 is 2.36 bits per heavy atom. The van der Waals surface area contributed by atoms with Crippen molar-refractivity contribution in [3.8, 4) is 0 Å². The number of rotatable bonds is 1. The van der Waals surface area contributed by atoms with Crippen molar-refractivity contribution in [1.82, 2.24) is 5.06 Å². The molecule has 0 aromatic rings. The van der Waals surface area contributed by atoms with Crippen molar-refractivity contribution < 1.29 is 15.1 Å². The van der Waals surface area contributed by atoms with Crippen LogP contribution in [0.5, 0.6) is 0 Å². The molecule has 0 aromatic heterocycles. The molecule has 2 N–H and O–H groups in total. The van der Waals surface area contributed by atoms with Gasteiger partial charge >= 0.3 is 5.97 Å². The van der Waals surface area contributed by atoms with Crippen molar-refractivity contribution in [3.05, 3.63) is 11.6 Å². The normalized spacial score (nSPS) is 25.6. The number of carbonyl (C=O) groups is 1. The summed E-state index contributed by atoms with van der Waals surface area (Å²) in [6.07, 6.45) is 1.72. The lowest BCUT2D eigenvalue weighted by Gasteiger charge is -2.43. The third-order valence-corrected chi connectivity index (χ3v) is 2.63. The average molecular weight is 199 g/mol. The molecule has 0 unspecified atom stereocenters. The van der Waals surface area contributed by atoms with E-state index >= 15 is 0 Å². The number of hydroxylamine groups is 2. The lowest BCUT2D eigenvalue weighted by molar-refractivity contribution is -0.174. The van der Waals surface area contributed by atoms with Crippen molar-refractivity contribution in [2.24, 2.45) is 5.41 Å². The molecule has 0 fully saturated rings. The summed E-state index contributed by atoms with van der Waals surface area (Å²) in [7, 11) is 0. The van der Waals surface area contributed by atoms with E-state index in [1.165, 1.54) is 0 Å². The number of nitrogens with zero attached hydrogens (tertiary/aromatic N) is 1. The van der Waals surface area contributed by atoms with Gasteiger partial charge in [0.05, 0.1) is 11.1 Å². The lowest BCUT2D eigenvalue weighted by Crippen LogP contribution is -2.52. The largest absolute Gasteiger partial charge is 0.478 e.